The molecule has 0 bridgehead atoms. The van der Waals surface area contributed by atoms with E-state index in [0.29, 0.717) is 11.4 Å². The number of amides is 2. The van der Waals surface area contributed by atoms with Gasteiger partial charge in [-0.15, -0.1) is 0 Å². The van der Waals surface area contributed by atoms with Crippen LogP contribution in [-0.4, -0.2) is 30.4 Å². The van der Waals surface area contributed by atoms with Crippen molar-refractivity contribution in [3.05, 3.63) is 71.0 Å². The van der Waals surface area contributed by atoms with Crippen molar-refractivity contribution < 1.29 is 18.0 Å². The van der Waals surface area contributed by atoms with Crippen LogP contribution in [0, 0.1) is 13.8 Å². The second-order valence-electron chi connectivity index (χ2n) is 6.34. The van der Waals surface area contributed by atoms with E-state index in [1.807, 2.05) is 6.07 Å². The Balaban J connectivity index is 1.79. The molecule has 3 aromatic rings. The topological polar surface area (TPSA) is 147 Å². The normalized spacial score (nSPS) is 11.1. The lowest BCUT2D eigenvalue weighted by molar-refractivity contribution is 0.0996. The van der Waals surface area contributed by atoms with Gasteiger partial charge in [0.25, 0.3) is 21.8 Å². The van der Waals surface area contributed by atoms with Crippen molar-refractivity contribution in [2.45, 2.75) is 18.7 Å². The summed E-state index contributed by atoms with van der Waals surface area (Å²) in [5.41, 5.74) is 7.26. The van der Waals surface area contributed by atoms with Crippen LogP contribution in [0.1, 0.15) is 32.1 Å². The van der Waals surface area contributed by atoms with E-state index in [1.54, 1.807) is 32.0 Å². The summed E-state index contributed by atoms with van der Waals surface area (Å²) < 4.78 is 27.7. The zero-order valence-corrected chi connectivity index (χ0v) is 16.5. The molecule has 10 heteroatoms. The maximum absolute atomic E-state index is 12.6. The highest BCUT2D eigenvalue weighted by molar-refractivity contribution is 7.92. The van der Waals surface area contributed by atoms with E-state index in [4.69, 9.17) is 5.73 Å². The lowest BCUT2D eigenvalue weighted by Gasteiger charge is -2.11. The monoisotopic (exact) mass is 413 g/mol. The number of para-hydroxylation sites is 1. The third-order valence-electron chi connectivity index (χ3n) is 4.24. The first-order valence-electron chi connectivity index (χ1n) is 8.53. The van der Waals surface area contributed by atoms with Gasteiger partial charge in [0.2, 0.25) is 0 Å². The van der Waals surface area contributed by atoms with E-state index < -0.39 is 21.8 Å². The Morgan fingerprint density at radius 3 is 2.31 bits per heavy atom. The number of carbonyl (C=O) groups is 2. The first-order chi connectivity index (χ1) is 13.7. The van der Waals surface area contributed by atoms with Crippen LogP contribution in [0.5, 0.6) is 0 Å². The fourth-order valence-corrected chi connectivity index (χ4v) is 3.75. The van der Waals surface area contributed by atoms with Crippen molar-refractivity contribution in [3.63, 3.8) is 0 Å². The smallest absolute Gasteiger partial charge is 0.271 e. The molecule has 0 radical (unpaired) electrons. The summed E-state index contributed by atoms with van der Waals surface area (Å²) in [5, 5.41) is 8.90. The maximum Gasteiger partial charge on any atom is 0.271 e. The van der Waals surface area contributed by atoms with Gasteiger partial charge >= 0.3 is 0 Å². The summed E-state index contributed by atoms with van der Waals surface area (Å²) in [7, 11) is -3.81. The second kappa shape index (κ2) is 7.76. The first kappa shape index (κ1) is 20.1. The highest BCUT2D eigenvalue weighted by Crippen LogP contribution is 2.21. The molecule has 150 valence electrons. The van der Waals surface area contributed by atoms with Gasteiger partial charge < -0.3 is 11.1 Å². The van der Waals surface area contributed by atoms with Gasteiger partial charge in [-0.05, 0) is 49.7 Å². The number of primary amides is 1. The molecule has 2 amide bonds. The fourth-order valence-electron chi connectivity index (χ4n) is 2.62. The molecule has 0 unspecified atom stereocenters. The predicted molar refractivity (Wildman–Crippen MR) is 108 cm³/mol. The van der Waals surface area contributed by atoms with Crippen LogP contribution in [-0.2, 0) is 10.0 Å². The molecule has 0 aliphatic heterocycles. The van der Waals surface area contributed by atoms with Crippen molar-refractivity contribution in [2.75, 3.05) is 10.0 Å². The third-order valence-corrected chi connectivity index (χ3v) is 5.62. The Kier molecular flexibility index (Phi) is 5.37. The Morgan fingerprint density at radius 1 is 1.03 bits per heavy atom. The van der Waals surface area contributed by atoms with E-state index in [1.165, 1.54) is 24.3 Å². The van der Waals surface area contributed by atoms with Crippen molar-refractivity contribution in [1.82, 2.24) is 10.2 Å². The van der Waals surface area contributed by atoms with Crippen LogP contribution >= 0.6 is 0 Å². The molecule has 0 aliphatic carbocycles. The number of H-pyrrole nitrogens is 1. The van der Waals surface area contributed by atoms with Gasteiger partial charge in [0.05, 0.1) is 22.0 Å². The van der Waals surface area contributed by atoms with Crippen LogP contribution < -0.4 is 15.8 Å². The summed E-state index contributed by atoms with van der Waals surface area (Å²) >= 11 is 0. The molecule has 0 saturated carbocycles. The summed E-state index contributed by atoms with van der Waals surface area (Å²) in [6, 6.07) is 12.4. The van der Waals surface area contributed by atoms with Gasteiger partial charge in [0.1, 0.15) is 0 Å². The van der Waals surface area contributed by atoms with Gasteiger partial charge in [0.15, 0.2) is 5.69 Å². The van der Waals surface area contributed by atoms with Gasteiger partial charge in [-0.2, -0.15) is 5.10 Å². The van der Waals surface area contributed by atoms with E-state index in [9.17, 15) is 18.0 Å². The average molecular weight is 413 g/mol. The number of hydrogen-bond donors (Lipinski definition) is 4. The van der Waals surface area contributed by atoms with Crippen LogP contribution in [0.2, 0.25) is 0 Å². The Bertz CT molecular complexity index is 1180. The molecule has 0 saturated heterocycles. The SMILES string of the molecule is Cc1ccccc1NS(=O)(=O)c1ccc(C(=O)Nc2c(C(N)=O)n[nH]c2C)cc1. The molecule has 0 spiro atoms. The van der Waals surface area contributed by atoms with Crippen LogP contribution in [0.4, 0.5) is 11.4 Å². The van der Waals surface area contributed by atoms with Crippen molar-refractivity contribution in [1.29, 1.82) is 0 Å². The number of sulfonamides is 1. The van der Waals surface area contributed by atoms with E-state index >= 15 is 0 Å². The molecule has 2 aromatic carbocycles. The quantitative estimate of drug-likeness (QED) is 0.489. The lowest BCUT2D eigenvalue weighted by atomic mass is 10.2. The number of nitrogens with one attached hydrogen (secondary N) is 3. The molecule has 3 rings (SSSR count). The number of carbonyl (C=O) groups excluding carboxylic acids is 2. The number of anilines is 2. The second-order valence-corrected chi connectivity index (χ2v) is 8.02. The van der Waals surface area contributed by atoms with E-state index in [0.717, 1.165) is 5.56 Å². The summed E-state index contributed by atoms with van der Waals surface area (Å²) in [6.45, 7) is 3.42. The molecule has 0 aliphatic rings. The molecular formula is C19H19N5O4S. The summed E-state index contributed by atoms with van der Waals surface area (Å²) in [6.07, 6.45) is 0. The maximum atomic E-state index is 12.6. The number of benzene rings is 2. The highest BCUT2D eigenvalue weighted by Gasteiger charge is 2.19. The van der Waals surface area contributed by atoms with Crippen molar-refractivity contribution in [3.8, 4) is 0 Å². The number of aromatic amines is 1. The van der Waals surface area contributed by atoms with Crippen molar-refractivity contribution in [2.24, 2.45) is 5.73 Å². The standard InChI is InChI=1S/C19H19N5O4S/c1-11-5-3-4-6-15(11)24-29(27,28)14-9-7-13(8-10-14)19(26)21-16-12(2)22-23-17(16)18(20)25/h3-10,24H,1-2H3,(H2,20,25)(H,21,26)(H,22,23). The Hall–Kier alpha value is -3.66. The Morgan fingerprint density at radius 2 is 1.69 bits per heavy atom. The summed E-state index contributed by atoms with van der Waals surface area (Å²) in [5.74, 6) is -1.32. The molecule has 0 atom stereocenters. The predicted octanol–water partition coefficient (Wildman–Crippen LogP) is 2.18. The minimum Gasteiger partial charge on any atom is -0.364 e. The third kappa shape index (κ3) is 4.27. The molecule has 1 heterocycles. The average Bonchev–Trinajstić information content (AvgIpc) is 3.04. The largest absolute Gasteiger partial charge is 0.364 e. The zero-order chi connectivity index (χ0) is 21.2. The van der Waals surface area contributed by atoms with Crippen LogP contribution in [0.25, 0.3) is 0 Å². The number of hydrogen-bond acceptors (Lipinski definition) is 5. The number of nitrogens with zero attached hydrogens (tertiary/aromatic N) is 1. The van der Waals surface area contributed by atoms with E-state index in [-0.39, 0.29) is 21.8 Å². The molecule has 9 nitrogen and oxygen atoms in total. The Labute approximate surface area is 167 Å². The van der Waals surface area contributed by atoms with Gasteiger partial charge in [-0.3, -0.25) is 19.4 Å². The molecule has 1 aromatic heterocycles. The lowest BCUT2D eigenvalue weighted by Crippen LogP contribution is -2.18. The van der Waals surface area contributed by atoms with Gasteiger partial charge in [-0.25, -0.2) is 8.42 Å². The van der Waals surface area contributed by atoms with Crippen molar-refractivity contribution >= 4 is 33.2 Å². The zero-order valence-electron chi connectivity index (χ0n) is 15.7. The number of rotatable bonds is 6. The number of nitrogens with two attached hydrogens (primary N) is 1. The molecular weight excluding hydrogens is 394 g/mol. The molecule has 0 fully saturated rings. The van der Waals surface area contributed by atoms with Crippen LogP contribution in [0.15, 0.2) is 53.4 Å². The minimum absolute atomic E-state index is 0.00891. The van der Waals surface area contributed by atoms with Gasteiger partial charge in [0, 0.05) is 5.56 Å². The van der Waals surface area contributed by atoms with E-state index in [2.05, 4.69) is 20.2 Å². The van der Waals surface area contributed by atoms with Gasteiger partial charge in [-0.1, -0.05) is 18.2 Å². The first-order valence-corrected chi connectivity index (χ1v) is 10.0. The molecule has 5 N–H and O–H groups in total. The number of aromatic nitrogens is 2. The summed E-state index contributed by atoms with van der Waals surface area (Å²) in [4.78, 5) is 23.9. The van der Waals surface area contributed by atoms with Crippen LogP contribution in [0.3, 0.4) is 0 Å². The highest BCUT2D eigenvalue weighted by atomic mass is 32.2. The minimum atomic E-state index is -3.81. The number of aryl methyl sites for hydroxylation is 2. The fraction of sp³-hybridized carbons (Fsp3) is 0.105. The molecule has 29 heavy (non-hydrogen) atoms.